The molecule has 0 amide bonds. The second-order valence-corrected chi connectivity index (χ2v) is 7.94. The normalized spacial score (nSPS) is 10.6. The lowest BCUT2D eigenvalue weighted by molar-refractivity contribution is 1.22. The number of benzene rings is 3. The van der Waals surface area contributed by atoms with Gasteiger partial charge in [0.1, 0.15) is 12.1 Å². The summed E-state index contributed by atoms with van der Waals surface area (Å²) >= 11 is 14.9. The Kier molecular flexibility index (Phi) is 5.89. The molecular formula is C21H15BrClN5S. The molecule has 0 aliphatic heterocycles. The Morgan fingerprint density at radius 2 is 1.62 bits per heavy atom. The topological polar surface area (TPSA) is 61.9 Å². The van der Waals surface area contributed by atoms with Crippen molar-refractivity contribution in [1.82, 2.24) is 9.97 Å². The number of thiocarbonyl (C=S) groups is 1. The van der Waals surface area contributed by atoms with Gasteiger partial charge in [0, 0.05) is 31.9 Å². The van der Waals surface area contributed by atoms with Gasteiger partial charge in [-0.25, -0.2) is 9.97 Å². The van der Waals surface area contributed by atoms with Crippen molar-refractivity contribution < 1.29 is 0 Å². The highest BCUT2D eigenvalue weighted by Gasteiger charge is 2.07. The van der Waals surface area contributed by atoms with Gasteiger partial charge in [-0.2, -0.15) is 0 Å². The summed E-state index contributed by atoms with van der Waals surface area (Å²) in [5.74, 6) is 0.688. The first kappa shape index (κ1) is 19.6. The monoisotopic (exact) mass is 483 g/mol. The molecule has 0 atom stereocenters. The minimum Gasteiger partial charge on any atom is -0.340 e. The van der Waals surface area contributed by atoms with E-state index >= 15 is 0 Å². The smallest absolute Gasteiger partial charge is 0.175 e. The molecule has 3 N–H and O–H groups in total. The summed E-state index contributed by atoms with van der Waals surface area (Å²) < 4.78 is 1.01. The fourth-order valence-corrected chi connectivity index (χ4v) is 3.45. The molecule has 4 rings (SSSR count). The molecule has 1 aromatic heterocycles. The molecule has 5 nitrogen and oxygen atoms in total. The van der Waals surface area contributed by atoms with Crippen LogP contribution in [0.4, 0.5) is 22.9 Å². The van der Waals surface area contributed by atoms with Crippen LogP contribution >= 0.6 is 39.7 Å². The molecule has 144 valence electrons. The third-order valence-electron chi connectivity index (χ3n) is 4.08. The molecule has 0 radical (unpaired) electrons. The third-order valence-corrected chi connectivity index (χ3v) is 5.05. The number of hydrogen-bond acceptors (Lipinski definition) is 4. The van der Waals surface area contributed by atoms with E-state index < -0.39 is 0 Å². The maximum atomic E-state index is 6.08. The van der Waals surface area contributed by atoms with Gasteiger partial charge in [-0.15, -0.1) is 0 Å². The SMILES string of the molecule is S=C(Nc1ccc(Br)cc1)Nc1ccc2ncnc(Nc3cccc(Cl)c3)c2c1. The molecule has 0 bridgehead atoms. The fraction of sp³-hybridized carbons (Fsp3) is 0. The van der Waals surface area contributed by atoms with Crippen molar-refractivity contribution in [3.8, 4) is 0 Å². The van der Waals surface area contributed by atoms with Crippen molar-refractivity contribution in [3.63, 3.8) is 0 Å². The highest BCUT2D eigenvalue weighted by molar-refractivity contribution is 9.10. The van der Waals surface area contributed by atoms with Gasteiger partial charge in [0.2, 0.25) is 0 Å². The van der Waals surface area contributed by atoms with Crippen LogP contribution in [0.15, 0.2) is 77.5 Å². The van der Waals surface area contributed by atoms with Crippen LogP contribution in [0.1, 0.15) is 0 Å². The first-order valence-corrected chi connectivity index (χ1v) is 10.3. The summed E-state index contributed by atoms with van der Waals surface area (Å²) in [6.45, 7) is 0. The van der Waals surface area contributed by atoms with E-state index in [0.29, 0.717) is 16.0 Å². The minimum atomic E-state index is 0.493. The van der Waals surface area contributed by atoms with Crippen molar-refractivity contribution >= 4 is 78.6 Å². The Labute approximate surface area is 186 Å². The number of hydrogen-bond donors (Lipinski definition) is 3. The van der Waals surface area contributed by atoms with Gasteiger partial charge in [-0.3, -0.25) is 0 Å². The van der Waals surface area contributed by atoms with E-state index in [1.54, 1.807) is 0 Å². The number of fused-ring (bicyclic) bond motifs is 1. The zero-order valence-corrected chi connectivity index (χ0v) is 18.1. The number of nitrogens with one attached hydrogen (secondary N) is 3. The van der Waals surface area contributed by atoms with Crippen LogP contribution in [0.25, 0.3) is 10.9 Å². The van der Waals surface area contributed by atoms with Crippen molar-refractivity contribution in [3.05, 3.63) is 82.6 Å². The second-order valence-electron chi connectivity index (χ2n) is 6.18. The largest absolute Gasteiger partial charge is 0.340 e. The summed E-state index contributed by atoms with van der Waals surface area (Å²) in [4.78, 5) is 8.72. The molecule has 4 aromatic rings. The van der Waals surface area contributed by atoms with Crippen LogP contribution in [0.3, 0.4) is 0 Å². The van der Waals surface area contributed by atoms with Crippen molar-refractivity contribution in [1.29, 1.82) is 0 Å². The molecule has 0 unspecified atom stereocenters. The van der Waals surface area contributed by atoms with Crippen LogP contribution in [0, 0.1) is 0 Å². The van der Waals surface area contributed by atoms with Gasteiger partial charge >= 0.3 is 0 Å². The van der Waals surface area contributed by atoms with E-state index in [-0.39, 0.29) is 0 Å². The first-order valence-electron chi connectivity index (χ1n) is 8.68. The van der Waals surface area contributed by atoms with Gasteiger partial charge < -0.3 is 16.0 Å². The summed E-state index contributed by atoms with van der Waals surface area (Å²) in [6.07, 6.45) is 1.53. The van der Waals surface area contributed by atoms with Gasteiger partial charge in [-0.1, -0.05) is 33.6 Å². The zero-order valence-electron chi connectivity index (χ0n) is 15.0. The molecule has 3 aromatic carbocycles. The summed E-state index contributed by atoms with van der Waals surface area (Å²) in [5, 5.41) is 11.7. The first-order chi connectivity index (χ1) is 14.1. The fourth-order valence-electron chi connectivity index (χ4n) is 2.76. The molecule has 0 aliphatic carbocycles. The van der Waals surface area contributed by atoms with Crippen LogP contribution in [0.2, 0.25) is 5.02 Å². The van der Waals surface area contributed by atoms with Crippen molar-refractivity contribution in [2.45, 2.75) is 0 Å². The Morgan fingerprint density at radius 1 is 0.862 bits per heavy atom. The predicted molar refractivity (Wildman–Crippen MR) is 128 cm³/mol. The predicted octanol–water partition coefficient (Wildman–Crippen LogP) is 6.60. The Balaban J connectivity index is 1.56. The van der Waals surface area contributed by atoms with Crippen molar-refractivity contribution in [2.75, 3.05) is 16.0 Å². The van der Waals surface area contributed by atoms with Gasteiger partial charge in [0.15, 0.2) is 5.11 Å². The van der Waals surface area contributed by atoms with E-state index in [1.807, 2.05) is 66.7 Å². The number of nitrogens with zero attached hydrogens (tertiary/aromatic N) is 2. The molecule has 0 saturated heterocycles. The maximum Gasteiger partial charge on any atom is 0.175 e. The van der Waals surface area contributed by atoms with Crippen LogP contribution in [-0.2, 0) is 0 Å². The average Bonchev–Trinajstić information content (AvgIpc) is 2.70. The summed E-state index contributed by atoms with van der Waals surface area (Å²) in [6, 6.07) is 21.1. The summed E-state index contributed by atoms with van der Waals surface area (Å²) in [5.41, 5.74) is 3.40. The molecular weight excluding hydrogens is 470 g/mol. The Bertz CT molecular complexity index is 1180. The lowest BCUT2D eigenvalue weighted by Crippen LogP contribution is -2.18. The van der Waals surface area contributed by atoms with E-state index in [1.165, 1.54) is 6.33 Å². The molecule has 8 heteroatoms. The Hall–Kier alpha value is -2.74. The quantitative estimate of drug-likeness (QED) is 0.284. The average molecular weight is 485 g/mol. The van der Waals surface area contributed by atoms with Gasteiger partial charge in [-0.05, 0) is 72.9 Å². The van der Waals surface area contributed by atoms with Crippen LogP contribution in [-0.4, -0.2) is 15.1 Å². The van der Waals surface area contributed by atoms with Crippen molar-refractivity contribution in [2.24, 2.45) is 0 Å². The van der Waals surface area contributed by atoms with E-state index in [2.05, 4.69) is 41.8 Å². The van der Waals surface area contributed by atoms with E-state index in [4.69, 9.17) is 23.8 Å². The highest BCUT2D eigenvalue weighted by Crippen LogP contribution is 2.27. The lowest BCUT2D eigenvalue weighted by Gasteiger charge is -2.13. The highest BCUT2D eigenvalue weighted by atomic mass is 79.9. The molecule has 0 aliphatic rings. The minimum absolute atomic E-state index is 0.493. The molecule has 29 heavy (non-hydrogen) atoms. The molecule has 0 fully saturated rings. The second kappa shape index (κ2) is 8.73. The number of anilines is 4. The Morgan fingerprint density at radius 3 is 2.41 bits per heavy atom. The summed E-state index contributed by atoms with van der Waals surface area (Å²) in [7, 11) is 0. The third kappa shape index (κ3) is 5.00. The van der Waals surface area contributed by atoms with Crippen LogP contribution in [0.5, 0.6) is 0 Å². The van der Waals surface area contributed by atoms with Gasteiger partial charge in [0.05, 0.1) is 5.52 Å². The molecule has 0 saturated carbocycles. The molecule has 1 heterocycles. The maximum absolute atomic E-state index is 6.08. The van der Waals surface area contributed by atoms with E-state index in [9.17, 15) is 0 Å². The number of rotatable bonds is 4. The van der Waals surface area contributed by atoms with E-state index in [0.717, 1.165) is 32.4 Å². The lowest BCUT2D eigenvalue weighted by atomic mass is 10.2. The standard InChI is InChI=1S/C21H15BrClN5S/c22-13-4-6-15(7-5-13)27-21(29)28-17-8-9-19-18(11-17)20(25-12-24-19)26-16-3-1-2-14(23)10-16/h1-12H,(H,24,25,26)(H2,27,28,29). The zero-order chi connectivity index (χ0) is 20.2. The van der Waals surface area contributed by atoms with Gasteiger partial charge in [0.25, 0.3) is 0 Å². The molecule has 0 spiro atoms. The number of halogens is 2. The van der Waals surface area contributed by atoms with Crippen LogP contribution < -0.4 is 16.0 Å². The number of aromatic nitrogens is 2.